The molecule has 1 aliphatic rings. The van der Waals surface area contributed by atoms with Crippen LogP contribution < -0.4 is 0 Å². The van der Waals surface area contributed by atoms with Gasteiger partial charge in [-0.3, -0.25) is 9.80 Å². The summed E-state index contributed by atoms with van der Waals surface area (Å²) in [5, 5.41) is 10.4. The largest absolute Gasteiger partial charge is 0.467 e. The lowest BCUT2D eigenvalue weighted by molar-refractivity contribution is -0.00168. The van der Waals surface area contributed by atoms with Crippen LogP contribution in [0.3, 0.4) is 0 Å². The number of benzene rings is 1. The summed E-state index contributed by atoms with van der Waals surface area (Å²) in [7, 11) is 0. The van der Waals surface area contributed by atoms with E-state index in [2.05, 4.69) is 4.90 Å². The molecule has 160 valence electrons. The van der Waals surface area contributed by atoms with E-state index in [9.17, 15) is 13.9 Å². The first-order chi connectivity index (χ1) is 14.1. The van der Waals surface area contributed by atoms with Crippen LogP contribution in [-0.4, -0.2) is 73.6 Å². The van der Waals surface area contributed by atoms with Crippen molar-refractivity contribution in [2.75, 3.05) is 52.5 Å². The van der Waals surface area contributed by atoms with Crippen LogP contribution in [0.4, 0.5) is 8.78 Å². The molecule has 1 aliphatic heterocycles. The lowest BCUT2D eigenvalue weighted by Crippen LogP contribution is -2.43. The Bertz CT molecular complexity index is 723. The van der Waals surface area contributed by atoms with Crippen LogP contribution in [0.5, 0.6) is 0 Å². The summed E-state index contributed by atoms with van der Waals surface area (Å²) in [4.78, 5) is 4.24. The number of ether oxygens (including phenoxy) is 2. The maximum atomic E-state index is 14.1. The Balaban J connectivity index is 1.53. The average molecular weight is 410 g/mol. The number of aliphatic hydroxyl groups is 1. The zero-order valence-corrected chi connectivity index (χ0v) is 16.4. The highest BCUT2D eigenvalue weighted by Gasteiger charge is 2.17. The number of furan rings is 1. The highest BCUT2D eigenvalue weighted by Crippen LogP contribution is 2.13. The van der Waals surface area contributed by atoms with E-state index < -0.39 is 17.7 Å². The van der Waals surface area contributed by atoms with E-state index in [0.717, 1.165) is 25.7 Å². The van der Waals surface area contributed by atoms with Crippen molar-refractivity contribution in [3.8, 4) is 0 Å². The van der Waals surface area contributed by atoms with E-state index in [-0.39, 0.29) is 19.8 Å². The zero-order chi connectivity index (χ0) is 20.5. The summed E-state index contributed by atoms with van der Waals surface area (Å²) in [6, 6.07) is 7.17. The van der Waals surface area contributed by atoms with Crippen LogP contribution in [0.25, 0.3) is 0 Å². The van der Waals surface area contributed by atoms with Gasteiger partial charge in [-0.15, -0.1) is 0 Å². The van der Waals surface area contributed by atoms with Gasteiger partial charge in [0.05, 0.1) is 32.2 Å². The molecule has 0 unspecified atom stereocenters. The SMILES string of the molecule is O[C@H](COCc1ccco1)CN(CCN1CCOCC1)Cc1ccc(F)cc1F. The minimum absolute atomic E-state index is 0.140. The van der Waals surface area contributed by atoms with Gasteiger partial charge in [-0.05, 0) is 18.2 Å². The molecule has 1 saturated heterocycles. The van der Waals surface area contributed by atoms with E-state index in [1.165, 1.54) is 12.1 Å². The number of halogens is 2. The summed E-state index contributed by atoms with van der Waals surface area (Å²) in [6.45, 7) is 5.57. The topological polar surface area (TPSA) is 58.3 Å². The molecule has 1 aromatic carbocycles. The van der Waals surface area contributed by atoms with Crippen LogP contribution in [0, 0.1) is 11.6 Å². The predicted octanol–water partition coefficient (Wildman–Crippen LogP) is 2.27. The number of aliphatic hydroxyl groups excluding tert-OH is 1. The fraction of sp³-hybridized carbons (Fsp3) is 0.524. The second-order valence-electron chi connectivity index (χ2n) is 7.17. The lowest BCUT2D eigenvalue weighted by Gasteiger charge is -2.31. The van der Waals surface area contributed by atoms with Crippen molar-refractivity contribution in [2.45, 2.75) is 19.3 Å². The van der Waals surface area contributed by atoms with Gasteiger partial charge in [0.15, 0.2) is 0 Å². The fourth-order valence-corrected chi connectivity index (χ4v) is 3.27. The summed E-state index contributed by atoms with van der Waals surface area (Å²) >= 11 is 0. The third-order valence-electron chi connectivity index (χ3n) is 4.85. The summed E-state index contributed by atoms with van der Waals surface area (Å²) in [5.74, 6) is -0.489. The van der Waals surface area contributed by atoms with Gasteiger partial charge < -0.3 is 19.0 Å². The maximum absolute atomic E-state index is 14.1. The monoisotopic (exact) mass is 410 g/mol. The Labute approximate surface area is 169 Å². The molecular formula is C21H28F2N2O4. The van der Waals surface area contributed by atoms with Crippen molar-refractivity contribution < 1.29 is 27.8 Å². The molecule has 29 heavy (non-hydrogen) atoms. The molecule has 2 heterocycles. The first kappa shape index (κ1) is 21.9. The van der Waals surface area contributed by atoms with Crippen molar-refractivity contribution in [2.24, 2.45) is 0 Å². The maximum Gasteiger partial charge on any atom is 0.130 e. The molecule has 1 aromatic heterocycles. The Morgan fingerprint density at radius 3 is 2.76 bits per heavy atom. The summed E-state index contributed by atoms with van der Waals surface area (Å²) < 4.78 is 43.4. The van der Waals surface area contributed by atoms with Gasteiger partial charge in [-0.2, -0.15) is 0 Å². The number of hydrogen-bond donors (Lipinski definition) is 1. The molecule has 1 N–H and O–H groups in total. The lowest BCUT2D eigenvalue weighted by atomic mass is 10.2. The van der Waals surface area contributed by atoms with E-state index >= 15 is 0 Å². The molecule has 0 bridgehead atoms. The van der Waals surface area contributed by atoms with Crippen LogP contribution in [0.2, 0.25) is 0 Å². The Morgan fingerprint density at radius 2 is 2.03 bits per heavy atom. The number of rotatable bonds is 11. The first-order valence-corrected chi connectivity index (χ1v) is 9.85. The molecule has 1 fully saturated rings. The second kappa shape index (κ2) is 11.4. The van der Waals surface area contributed by atoms with Crippen molar-refractivity contribution in [1.29, 1.82) is 0 Å². The van der Waals surface area contributed by atoms with Gasteiger partial charge in [-0.1, -0.05) is 6.07 Å². The molecule has 0 aliphatic carbocycles. The predicted molar refractivity (Wildman–Crippen MR) is 103 cm³/mol. The smallest absolute Gasteiger partial charge is 0.130 e. The molecular weight excluding hydrogens is 382 g/mol. The molecule has 0 radical (unpaired) electrons. The minimum Gasteiger partial charge on any atom is -0.467 e. The Hall–Kier alpha value is -1.84. The first-order valence-electron chi connectivity index (χ1n) is 9.85. The third kappa shape index (κ3) is 7.49. The quantitative estimate of drug-likeness (QED) is 0.613. The Kier molecular flexibility index (Phi) is 8.57. The van der Waals surface area contributed by atoms with Crippen molar-refractivity contribution >= 4 is 0 Å². The van der Waals surface area contributed by atoms with Crippen LogP contribution >= 0.6 is 0 Å². The van der Waals surface area contributed by atoms with E-state index in [1.54, 1.807) is 18.4 Å². The molecule has 8 heteroatoms. The van der Waals surface area contributed by atoms with Gasteiger partial charge in [0.25, 0.3) is 0 Å². The molecule has 0 spiro atoms. The fourth-order valence-electron chi connectivity index (χ4n) is 3.27. The van der Waals surface area contributed by atoms with Crippen molar-refractivity contribution in [3.63, 3.8) is 0 Å². The van der Waals surface area contributed by atoms with E-state index in [0.29, 0.717) is 37.6 Å². The third-order valence-corrected chi connectivity index (χ3v) is 4.85. The average Bonchev–Trinajstić information content (AvgIpc) is 3.22. The van der Waals surface area contributed by atoms with E-state index in [1.807, 2.05) is 4.90 Å². The van der Waals surface area contributed by atoms with Gasteiger partial charge in [-0.25, -0.2) is 8.78 Å². The number of nitrogens with zero attached hydrogens (tertiary/aromatic N) is 2. The highest BCUT2D eigenvalue weighted by molar-refractivity contribution is 5.18. The van der Waals surface area contributed by atoms with Crippen LogP contribution in [0.15, 0.2) is 41.0 Å². The normalized spacial score (nSPS) is 16.4. The van der Waals surface area contributed by atoms with Gasteiger partial charge in [0.1, 0.15) is 24.0 Å². The van der Waals surface area contributed by atoms with Crippen molar-refractivity contribution in [1.82, 2.24) is 9.80 Å². The number of morpholine rings is 1. The highest BCUT2D eigenvalue weighted by atomic mass is 19.1. The van der Waals surface area contributed by atoms with Gasteiger partial charge >= 0.3 is 0 Å². The molecule has 1 atom stereocenters. The molecule has 6 nitrogen and oxygen atoms in total. The Morgan fingerprint density at radius 1 is 1.21 bits per heavy atom. The summed E-state index contributed by atoms with van der Waals surface area (Å²) in [5.41, 5.74) is 0.400. The minimum atomic E-state index is -0.738. The van der Waals surface area contributed by atoms with E-state index in [4.69, 9.17) is 13.9 Å². The number of hydrogen-bond acceptors (Lipinski definition) is 6. The summed E-state index contributed by atoms with van der Waals surface area (Å²) in [6.07, 6.45) is 0.831. The molecule has 0 saturated carbocycles. The molecule has 0 amide bonds. The van der Waals surface area contributed by atoms with Crippen LogP contribution in [-0.2, 0) is 22.6 Å². The van der Waals surface area contributed by atoms with Gasteiger partial charge in [0, 0.05) is 50.9 Å². The zero-order valence-electron chi connectivity index (χ0n) is 16.4. The molecule has 3 rings (SSSR count). The van der Waals surface area contributed by atoms with Gasteiger partial charge in [0.2, 0.25) is 0 Å². The van der Waals surface area contributed by atoms with Crippen LogP contribution in [0.1, 0.15) is 11.3 Å². The van der Waals surface area contributed by atoms with Crippen molar-refractivity contribution in [3.05, 3.63) is 59.6 Å². The molecule has 2 aromatic rings. The second-order valence-corrected chi connectivity index (χ2v) is 7.17. The standard InChI is InChI=1S/C21H28F2N2O4/c22-18-4-3-17(21(23)12-18)13-25(6-5-24-7-10-27-11-8-24)14-19(26)15-28-16-20-2-1-9-29-20/h1-4,9,12,19,26H,5-8,10-11,13-16H2/t19-/m0/s1.